The van der Waals surface area contributed by atoms with E-state index in [0.29, 0.717) is 44.9 Å². The zero-order chi connectivity index (χ0) is 22.1. The zero-order valence-corrected chi connectivity index (χ0v) is 17.7. The first-order chi connectivity index (χ1) is 14.8. The minimum atomic E-state index is -2.75. The maximum atomic E-state index is 13.8. The first kappa shape index (κ1) is 21.6. The van der Waals surface area contributed by atoms with Crippen molar-refractivity contribution in [2.45, 2.75) is 33.2 Å². The summed E-state index contributed by atoms with van der Waals surface area (Å²) >= 11 is 0. The zero-order valence-electron chi connectivity index (χ0n) is 17.7. The van der Waals surface area contributed by atoms with Crippen molar-refractivity contribution < 1.29 is 18.3 Å². The molecule has 166 valence electrons. The summed E-state index contributed by atoms with van der Waals surface area (Å²) in [7, 11) is 0. The second kappa shape index (κ2) is 8.83. The molecule has 0 aromatic carbocycles. The van der Waals surface area contributed by atoms with Crippen molar-refractivity contribution in [1.82, 2.24) is 19.9 Å². The molecule has 2 aromatic rings. The molecule has 2 radical (unpaired) electrons. The highest BCUT2D eigenvalue weighted by atomic mass is 19.3. The molecule has 2 N–H and O–H groups in total. The molecule has 2 aliphatic heterocycles. The van der Waals surface area contributed by atoms with Crippen molar-refractivity contribution in [3.63, 3.8) is 0 Å². The van der Waals surface area contributed by atoms with E-state index in [2.05, 4.69) is 15.0 Å². The van der Waals surface area contributed by atoms with Crippen LogP contribution in [0.15, 0.2) is 12.3 Å². The minimum absolute atomic E-state index is 0.0110. The van der Waals surface area contributed by atoms with E-state index in [1.807, 2.05) is 30.6 Å². The molecule has 0 unspecified atom stereocenters. The van der Waals surface area contributed by atoms with Crippen molar-refractivity contribution in [1.29, 1.82) is 0 Å². The fourth-order valence-electron chi connectivity index (χ4n) is 3.74. The van der Waals surface area contributed by atoms with Gasteiger partial charge < -0.3 is 25.0 Å². The van der Waals surface area contributed by atoms with Crippen LogP contribution in [0.25, 0.3) is 11.4 Å². The Hall–Kier alpha value is -2.66. The molecular formula is C20H25F2N7O2. The van der Waals surface area contributed by atoms with Gasteiger partial charge in [-0.1, -0.05) is 0 Å². The van der Waals surface area contributed by atoms with Crippen molar-refractivity contribution in [3.05, 3.63) is 29.9 Å². The maximum absolute atomic E-state index is 13.8. The molecule has 0 amide bonds. The van der Waals surface area contributed by atoms with Crippen molar-refractivity contribution in [2.24, 2.45) is 0 Å². The van der Waals surface area contributed by atoms with Crippen molar-refractivity contribution in [2.75, 3.05) is 48.5 Å². The van der Waals surface area contributed by atoms with Crippen LogP contribution < -0.4 is 15.5 Å². The smallest absolute Gasteiger partial charge is 0.264 e. The Morgan fingerprint density at radius 3 is 2.55 bits per heavy atom. The van der Waals surface area contributed by atoms with Gasteiger partial charge in [0.25, 0.3) is 6.43 Å². The predicted octanol–water partition coefficient (Wildman–Crippen LogP) is 2.62. The highest BCUT2D eigenvalue weighted by Gasteiger charge is 2.32. The molecule has 2 fully saturated rings. The first-order valence-electron chi connectivity index (χ1n) is 10.0. The maximum Gasteiger partial charge on any atom is 0.264 e. The topological polar surface area (TPSA) is 103 Å². The van der Waals surface area contributed by atoms with Crippen LogP contribution in [0.4, 0.5) is 26.5 Å². The lowest BCUT2D eigenvalue weighted by Crippen LogP contribution is -2.46. The monoisotopic (exact) mass is 433 g/mol. The lowest BCUT2D eigenvalue weighted by molar-refractivity contribution is 0.101. The number of alkyl halides is 2. The van der Waals surface area contributed by atoms with Gasteiger partial charge in [-0.15, -0.1) is 0 Å². The van der Waals surface area contributed by atoms with E-state index in [-0.39, 0.29) is 28.8 Å². The van der Waals surface area contributed by atoms with Gasteiger partial charge in [-0.2, -0.15) is 15.0 Å². The van der Waals surface area contributed by atoms with Gasteiger partial charge in [0, 0.05) is 23.9 Å². The molecule has 4 heterocycles. The third-order valence-electron chi connectivity index (χ3n) is 5.25. The summed E-state index contributed by atoms with van der Waals surface area (Å²) in [5, 5.41) is 0. The fourth-order valence-corrected chi connectivity index (χ4v) is 3.74. The number of nitrogens with zero attached hydrogens (tertiary/aromatic N) is 6. The molecule has 0 bridgehead atoms. The number of hydrogen-bond donors (Lipinski definition) is 1. The number of pyridine rings is 1. The quantitative estimate of drug-likeness (QED) is 0.779. The van der Waals surface area contributed by atoms with Crippen LogP contribution >= 0.6 is 0 Å². The van der Waals surface area contributed by atoms with Crippen LogP contribution in [-0.2, 0) is 9.47 Å². The number of nitrogen functional groups attached to an aromatic ring is 1. The van der Waals surface area contributed by atoms with Gasteiger partial charge in [0.2, 0.25) is 11.9 Å². The van der Waals surface area contributed by atoms with E-state index in [4.69, 9.17) is 20.2 Å². The Kier molecular flexibility index (Phi) is 6.15. The Morgan fingerprint density at radius 2 is 1.84 bits per heavy atom. The largest absolute Gasteiger partial charge is 0.384 e. The Morgan fingerprint density at radius 1 is 1.10 bits per heavy atom. The Labute approximate surface area is 179 Å². The number of hydrogen-bond acceptors (Lipinski definition) is 9. The second-order valence-electron chi connectivity index (χ2n) is 7.67. The summed E-state index contributed by atoms with van der Waals surface area (Å²) in [6.07, 6.45) is -1.47. The number of ether oxygens (including phenoxy) is 2. The van der Waals surface area contributed by atoms with E-state index in [9.17, 15) is 8.78 Å². The Bertz CT molecular complexity index is 922. The van der Waals surface area contributed by atoms with Gasteiger partial charge in [-0.25, -0.2) is 13.8 Å². The van der Waals surface area contributed by atoms with Gasteiger partial charge in [-0.3, -0.25) is 0 Å². The van der Waals surface area contributed by atoms with Crippen LogP contribution in [0.5, 0.6) is 0 Å². The van der Waals surface area contributed by atoms with E-state index in [0.717, 1.165) is 18.2 Å². The summed E-state index contributed by atoms with van der Waals surface area (Å²) in [5.41, 5.74) is 5.50. The number of nitrogens with two attached hydrogens (primary N) is 1. The van der Waals surface area contributed by atoms with Crippen LogP contribution in [0.2, 0.25) is 0 Å². The normalized spacial score (nSPS) is 21.2. The minimum Gasteiger partial charge on any atom is -0.384 e. The summed E-state index contributed by atoms with van der Waals surface area (Å²) in [6.45, 7) is 8.30. The molecule has 0 saturated carbocycles. The first-order valence-corrected chi connectivity index (χ1v) is 10.0. The average molecular weight is 433 g/mol. The summed E-state index contributed by atoms with van der Waals surface area (Å²) < 4.78 is 38.6. The van der Waals surface area contributed by atoms with Gasteiger partial charge >= 0.3 is 0 Å². The van der Waals surface area contributed by atoms with Crippen LogP contribution in [0, 0.1) is 12.1 Å². The third-order valence-corrected chi connectivity index (χ3v) is 5.25. The van der Waals surface area contributed by atoms with E-state index in [1.165, 1.54) is 6.20 Å². The summed E-state index contributed by atoms with van der Waals surface area (Å²) in [6, 6.07) is 2.98. The van der Waals surface area contributed by atoms with Gasteiger partial charge in [-0.05, 0) is 26.8 Å². The molecule has 1 atom stereocenters. The van der Waals surface area contributed by atoms with Gasteiger partial charge in [0.15, 0.2) is 5.82 Å². The second-order valence-corrected chi connectivity index (χ2v) is 7.67. The standard InChI is InChI=1S/C20H25F2N7O2/c1-11-8-30-5-4-28(11)19-25-18(15-7-24-16(23)6-14(15)17(21)22)26-20(27-19)29-12(2)9-31-10-13(29)3/h6-7,12,17H,4-5,8-10H2,1-3H3,(H2,23,24)/t12-/m0/s1. The van der Waals surface area contributed by atoms with E-state index < -0.39 is 6.43 Å². The summed E-state index contributed by atoms with van der Waals surface area (Å²) in [4.78, 5) is 21.7. The molecule has 4 rings (SSSR count). The molecule has 2 aliphatic rings. The SMILES string of the molecule is C[C]1COCCN1c1nc(-c2cnc(N)cc2C(F)F)nc(N2[C](C)COC[C@@H]2C)n1. The fraction of sp³-hybridized carbons (Fsp3) is 0.500. The number of aromatic nitrogens is 4. The molecular weight excluding hydrogens is 408 g/mol. The number of anilines is 3. The van der Waals surface area contributed by atoms with Crippen LogP contribution in [-0.4, -0.2) is 59.0 Å². The van der Waals surface area contributed by atoms with Gasteiger partial charge in [0.1, 0.15) is 5.82 Å². The molecule has 0 spiro atoms. The van der Waals surface area contributed by atoms with Gasteiger partial charge in [0.05, 0.1) is 44.6 Å². The summed E-state index contributed by atoms with van der Waals surface area (Å²) in [5.74, 6) is 0.888. The van der Waals surface area contributed by atoms with Crippen molar-refractivity contribution in [3.8, 4) is 11.4 Å². The van der Waals surface area contributed by atoms with E-state index >= 15 is 0 Å². The number of rotatable bonds is 4. The average Bonchev–Trinajstić information content (AvgIpc) is 2.73. The molecule has 9 nitrogen and oxygen atoms in total. The lowest BCUT2D eigenvalue weighted by Gasteiger charge is -2.39. The molecule has 31 heavy (non-hydrogen) atoms. The molecule has 0 aliphatic carbocycles. The Balaban J connectivity index is 1.86. The third kappa shape index (κ3) is 4.38. The number of morpholine rings is 2. The lowest BCUT2D eigenvalue weighted by atomic mass is 10.1. The van der Waals surface area contributed by atoms with E-state index in [1.54, 1.807) is 0 Å². The molecule has 11 heteroatoms. The molecule has 2 aromatic heterocycles. The van der Waals surface area contributed by atoms with Crippen LogP contribution in [0.3, 0.4) is 0 Å². The predicted molar refractivity (Wildman–Crippen MR) is 111 cm³/mol. The van der Waals surface area contributed by atoms with Crippen molar-refractivity contribution >= 4 is 17.7 Å². The van der Waals surface area contributed by atoms with Crippen LogP contribution in [0.1, 0.15) is 32.8 Å². The number of halogens is 2. The molecule has 2 saturated heterocycles. The highest BCUT2D eigenvalue weighted by molar-refractivity contribution is 5.65. The highest BCUT2D eigenvalue weighted by Crippen LogP contribution is 2.34.